The van der Waals surface area contributed by atoms with Gasteiger partial charge >= 0.3 is 0 Å². The number of hydrogen-bond acceptors (Lipinski definition) is 1. The third kappa shape index (κ3) is 4.53. The molecule has 0 aromatic heterocycles. The van der Waals surface area contributed by atoms with Gasteiger partial charge in [0, 0.05) is 6.42 Å². The number of carbonyl (C=O) groups is 1. The SMILES string of the molecule is CCCC(CC)C(C)CCC=O. The number of rotatable bonds is 7. The molecule has 0 saturated carbocycles. The third-order valence-corrected chi connectivity index (χ3v) is 2.73. The fraction of sp³-hybridized carbons (Fsp3) is 0.909. The molecule has 0 bridgehead atoms. The Morgan fingerprint density at radius 2 is 1.92 bits per heavy atom. The van der Waals surface area contributed by atoms with Gasteiger partial charge in [0.05, 0.1) is 0 Å². The predicted molar refractivity (Wildman–Crippen MR) is 53.2 cm³/mol. The summed E-state index contributed by atoms with van der Waals surface area (Å²) in [4.78, 5) is 10.2. The zero-order valence-electron chi connectivity index (χ0n) is 8.68. The summed E-state index contributed by atoms with van der Waals surface area (Å²) in [6.45, 7) is 6.75. The molecule has 0 amide bonds. The summed E-state index contributed by atoms with van der Waals surface area (Å²) in [5.74, 6) is 1.55. The maximum absolute atomic E-state index is 10.2. The minimum Gasteiger partial charge on any atom is -0.303 e. The van der Waals surface area contributed by atoms with Crippen LogP contribution in [0.1, 0.15) is 52.9 Å². The highest BCUT2D eigenvalue weighted by Crippen LogP contribution is 2.24. The summed E-state index contributed by atoms with van der Waals surface area (Å²) in [6, 6.07) is 0. The minimum atomic E-state index is 0.722. The second-order valence-electron chi connectivity index (χ2n) is 3.68. The van der Waals surface area contributed by atoms with Crippen molar-refractivity contribution in [1.82, 2.24) is 0 Å². The maximum Gasteiger partial charge on any atom is 0.120 e. The van der Waals surface area contributed by atoms with Gasteiger partial charge in [0.2, 0.25) is 0 Å². The summed E-state index contributed by atoms with van der Waals surface area (Å²) in [6.07, 6.45) is 6.69. The molecule has 1 heteroatoms. The van der Waals surface area contributed by atoms with Crippen LogP contribution in [0.25, 0.3) is 0 Å². The van der Waals surface area contributed by atoms with Crippen LogP contribution in [0.2, 0.25) is 0 Å². The highest BCUT2D eigenvalue weighted by atomic mass is 16.1. The lowest BCUT2D eigenvalue weighted by Crippen LogP contribution is -2.10. The van der Waals surface area contributed by atoms with E-state index in [0.717, 1.165) is 31.0 Å². The van der Waals surface area contributed by atoms with Crippen LogP contribution in [0.4, 0.5) is 0 Å². The zero-order valence-corrected chi connectivity index (χ0v) is 8.68. The molecule has 0 spiro atoms. The Bertz CT molecular complexity index is 110. The monoisotopic (exact) mass is 170 g/mol. The van der Waals surface area contributed by atoms with E-state index in [1.54, 1.807) is 0 Å². The van der Waals surface area contributed by atoms with Crippen LogP contribution < -0.4 is 0 Å². The molecule has 2 unspecified atom stereocenters. The Hall–Kier alpha value is -0.330. The second-order valence-corrected chi connectivity index (χ2v) is 3.68. The molecule has 0 aliphatic rings. The quantitative estimate of drug-likeness (QED) is 0.535. The molecular weight excluding hydrogens is 148 g/mol. The lowest BCUT2D eigenvalue weighted by molar-refractivity contribution is -0.108. The highest BCUT2D eigenvalue weighted by Gasteiger charge is 2.13. The Morgan fingerprint density at radius 1 is 1.25 bits per heavy atom. The van der Waals surface area contributed by atoms with Gasteiger partial charge in [0.25, 0.3) is 0 Å². The standard InChI is InChI=1S/C11H22O/c1-4-7-11(5-2)10(3)8-6-9-12/h9-11H,4-8H2,1-3H3. The maximum atomic E-state index is 10.2. The molecule has 0 heterocycles. The molecule has 72 valence electrons. The Kier molecular flexibility index (Phi) is 7.12. The largest absolute Gasteiger partial charge is 0.303 e. The molecule has 0 aliphatic carbocycles. The van der Waals surface area contributed by atoms with E-state index in [1.807, 2.05) is 0 Å². The molecule has 0 radical (unpaired) electrons. The molecule has 2 atom stereocenters. The van der Waals surface area contributed by atoms with Gasteiger partial charge in [-0.1, -0.05) is 40.0 Å². The minimum absolute atomic E-state index is 0.722. The first-order valence-electron chi connectivity index (χ1n) is 5.19. The van der Waals surface area contributed by atoms with E-state index in [-0.39, 0.29) is 0 Å². The van der Waals surface area contributed by atoms with Gasteiger partial charge < -0.3 is 4.79 Å². The molecule has 0 aromatic carbocycles. The summed E-state index contributed by atoms with van der Waals surface area (Å²) in [7, 11) is 0. The van der Waals surface area contributed by atoms with Crippen molar-refractivity contribution in [1.29, 1.82) is 0 Å². The smallest absolute Gasteiger partial charge is 0.120 e. The first kappa shape index (κ1) is 11.7. The number of aldehydes is 1. The Labute approximate surface area is 76.6 Å². The van der Waals surface area contributed by atoms with Gasteiger partial charge in [-0.3, -0.25) is 0 Å². The van der Waals surface area contributed by atoms with Crippen molar-refractivity contribution in [3.63, 3.8) is 0 Å². The normalized spacial score (nSPS) is 15.6. The summed E-state index contributed by atoms with van der Waals surface area (Å²) < 4.78 is 0. The molecule has 0 saturated heterocycles. The Balaban J connectivity index is 3.67. The first-order valence-corrected chi connectivity index (χ1v) is 5.19. The first-order chi connectivity index (χ1) is 5.76. The van der Waals surface area contributed by atoms with Crippen LogP contribution in [0, 0.1) is 11.8 Å². The number of carbonyl (C=O) groups excluding carboxylic acids is 1. The van der Waals surface area contributed by atoms with Crippen LogP contribution in [0.5, 0.6) is 0 Å². The van der Waals surface area contributed by atoms with Crippen molar-refractivity contribution < 1.29 is 4.79 Å². The summed E-state index contributed by atoms with van der Waals surface area (Å²) in [5, 5.41) is 0. The topological polar surface area (TPSA) is 17.1 Å². The van der Waals surface area contributed by atoms with Crippen molar-refractivity contribution in [3.8, 4) is 0 Å². The van der Waals surface area contributed by atoms with Gasteiger partial charge in [-0.05, 0) is 18.3 Å². The van der Waals surface area contributed by atoms with E-state index in [1.165, 1.54) is 19.3 Å². The van der Waals surface area contributed by atoms with Crippen LogP contribution in [0.3, 0.4) is 0 Å². The van der Waals surface area contributed by atoms with Gasteiger partial charge in [-0.15, -0.1) is 0 Å². The molecule has 0 aliphatic heterocycles. The predicted octanol–water partition coefficient (Wildman–Crippen LogP) is 3.43. The second kappa shape index (κ2) is 7.33. The molecule has 1 nitrogen and oxygen atoms in total. The van der Waals surface area contributed by atoms with E-state index in [0.29, 0.717) is 0 Å². The van der Waals surface area contributed by atoms with Crippen LogP contribution in [-0.2, 0) is 4.79 Å². The number of hydrogen-bond donors (Lipinski definition) is 0. The average Bonchev–Trinajstić information content (AvgIpc) is 2.10. The van der Waals surface area contributed by atoms with Crippen molar-refractivity contribution in [2.24, 2.45) is 11.8 Å². The lowest BCUT2D eigenvalue weighted by atomic mass is 9.85. The van der Waals surface area contributed by atoms with Gasteiger partial charge in [0.1, 0.15) is 6.29 Å². The van der Waals surface area contributed by atoms with Crippen molar-refractivity contribution in [3.05, 3.63) is 0 Å². The van der Waals surface area contributed by atoms with Crippen molar-refractivity contribution in [2.75, 3.05) is 0 Å². The summed E-state index contributed by atoms with van der Waals surface area (Å²) >= 11 is 0. The van der Waals surface area contributed by atoms with E-state index >= 15 is 0 Å². The third-order valence-electron chi connectivity index (χ3n) is 2.73. The van der Waals surface area contributed by atoms with Crippen LogP contribution >= 0.6 is 0 Å². The molecule has 0 aromatic rings. The van der Waals surface area contributed by atoms with E-state index in [2.05, 4.69) is 20.8 Å². The fourth-order valence-corrected chi connectivity index (χ4v) is 1.83. The van der Waals surface area contributed by atoms with Gasteiger partial charge in [-0.25, -0.2) is 0 Å². The van der Waals surface area contributed by atoms with E-state index < -0.39 is 0 Å². The van der Waals surface area contributed by atoms with Gasteiger partial charge in [0.15, 0.2) is 0 Å². The van der Waals surface area contributed by atoms with E-state index in [4.69, 9.17) is 0 Å². The molecular formula is C11H22O. The summed E-state index contributed by atoms with van der Waals surface area (Å²) in [5.41, 5.74) is 0. The fourth-order valence-electron chi connectivity index (χ4n) is 1.83. The zero-order chi connectivity index (χ0) is 9.40. The highest BCUT2D eigenvalue weighted by molar-refractivity contribution is 5.49. The van der Waals surface area contributed by atoms with Crippen molar-refractivity contribution >= 4 is 6.29 Å². The van der Waals surface area contributed by atoms with Gasteiger partial charge in [-0.2, -0.15) is 0 Å². The van der Waals surface area contributed by atoms with Crippen molar-refractivity contribution in [2.45, 2.75) is 52.9 Å². The average molecular weight is 170 g/mol. The molecule has 0 fully saturated rings. The van der Waals surface area contributed by atoms with Crippen LogP contribution in [-0.4, -0.2) is 6.29 Å². The van der Waals surface area contributed by atoms with E-state index in [9.17, 15) is 4.79 Å². The Morgan fingerprint density at radius 3 is 2.33 bits per heavy atom. The lowest BCUT2D eigenvalue weighted by Gasteiger charge is -2.21. The molecule has 0 N–H and O–H groups in total. The van der Waals surface area contributed by atoms with Crippen LogP contribution in [0.15, 0.2) is 0 Å². The molecule has 12 heavy (non-hydrogen) atoms. The molecule has 0 rings (SSSR count).